The Balaban J connectivity index is 1.83. The van der Waals surface area contributed by atoms with Crippen LogP contribution in [0.25, 0.3) is 0 Å². The molecule has 0 aliphatic rings. The first-order valence-corrected chi connectivity index (χ1v) is 9.48. The van der Waals surface area contributed by atoms with Crippen LogP contribution < -0.4 is 10.6 Å². The highest BCUT2D eigenvalue weighted by molar-refractivity contribution is 5.95. The van der Waals surface area contributed by atoms with Gasteiger partial charge in [0.15, 0.2) is 0 Å². The van der Waals surface area contributed by atoms with Crippen molar-refractivity contribution in [1.29, 1.82) is 0 Å². The molecular formula is C21H28N4O2. The topological polar surface area (TPSA) is 74.3 Å². The van der Waals surface area contributed by atoms with Gasteiger partial charge in [-0.05, 0) is 49.2 Å². The van der Waals surface area contributed by atoms with E-state index in [0.29, 0.717) is 24.2 Å². The minimum Gasteiger partial charge on any atom is -0.339 e. The summed E-state index contributed by atoms with van der Waals surface area (Å²) in [6, 6.07) is 12.5. The normalized spacial score (nSPS) is 10.3. The monoisotopic (exact) mass is 368 g/mol. The Hall–Kier alpha value is -2.89. The van der Waals surface area contributed by atoms with Gasteiger partial charge in [0.05, 0.1) is 0 Å². The van der Waals surface area contributed by atoms with Crippen molar-refractivity contribution in [3.05, 3.63) is 59.9 Å². The lowest BCUT2D eigenvalue weighted by Crippen LogP contribution is -2.32. The number of anilines is 1. The first-order valence-electron chi connectivity index (χ1n) is 9.48. The molecule has 6 nitrogen and oxygen atoms in total. The van der Waals surface area contributed by atoms with E-state index in [1.54, 1.807) is 30.5 Å². The van der Waals surface area contributed by atoms with Crippen LogP contribution in [0, 0.1) is 0 Å². The number of aromatic nitrogens is 1. The maximum Gasteiger partial charge on any atom is 0.319 e. The number of carbonyl (C=O) groups is 2. The van der Waals surface area contributed by atoms with Crippen LogP contribution in [0.3, 0.4) is 0 Å². The molecule has 0 unspecified atom stereocenters. The lowest BCUT2D eigenvalue weighted by molar-refractivity contribution is 0.0755. The smallest absolute Gasteiger partial charge is 0.319 e. The minimum absolute atomic E-state index is 0.0325. The summed E-state index contributed by atoms with van der Waals surface area (Å²) in [6.07, 6.45) is 4.28. The molecule has 3 amide bonds. The van der Waals surface area contributed by atoms with Gasteiger partial charge in [-0.15, -0.1) is 0 Å². The molecule has 27 heavy (non-hydrogen) atoms. The largest absolute Gasteiger partial charge is 0.339 e. The molecule has 0 radical (unpaired) electrons. The number of hydrogen-bond donors (Lipinski definition) is 2. The summed E-state index contributed by atoms with van der Waals surface area (Å²) in [5, 5.41) is 5.58. The van der Waals surface area contributed by atoms with Gasteiger partial charge in [-0.2, -0.15) is 0 Å². The quantitative estimate of drug-likeness (QED) is 0.708. The van der Waals surface area contributed by atoms with E-state index >= 15 is 0 Å². The molecule has 0 aliphatic carbocycles. The molecule has 2 rings (SSSR count). The number of benzene rings is 1. The van der Waals surface area contributed by atoms with Crippen molar-refractivity contribution in [2.45, 2.75) is 33.1 Å². The molecule has 2 N–H and O–H groups in total. The Kier molecular flexibility index (Phi) is 8.29. The van der Waals surface area contributed by atoms with E-state index in [-0.39, 0.29) is 11.9 Å². The molecule has 1 heterocycles. The Morgan fingerprint density at radius 2 is 1.70 bits per heavy atom. The molecule has 0 saturated heterocycles. The third-order valence-corrected chi connectivity index (χ3v) is 4.06. The summed E-state index contributed by atoms with van der Waals surface area (Å²) < 4.78 is 0. The van der Waals surface area contributed by atoms with Gasteiger partial charge < -0.3 is 15.5 Å². The van der Waals surface area contributed by atoms with Gasteiger partial charge in [0.1, 0.15) is 0 Å². The van der Waals surface area contributed by atoms with Crippen LogP contribution in [0.2, 0.25) is 0 Å². The van der Waals surface area contributed by atoms with Crippen molar-refractivity contribution in [2.24, 2.45) is 0 Å². The Bertz CT molecular complexity index is 711. The van der Waals surface area contributed by atoms with Crippen LogP contribution >= 0.6 is 0 Å². The molecule has 0 bridgehead atoms. The maximum atomic E-state index is 12.6. The first-order chi connectivity index (χ1) is 13.1. The third kappa shape index (κ3) is 6.73. The van der Waals surface area contributed by atoms with Crippen molar-refractivity contribution in [3.8, 4) is 0 Å². The number of amides is 3. The van der Waals surface area contributed by atoms with Crippen LogP contribution in [-0.2, 0) is 6.42 Å². The molecule has 0 fully saturated rings. The third-order valence-electron chi connectivity index (χ3n) is 4.06. The van der Waals surface area contributed by atoms with E-state index < -0.39 is 0 Å². The van der Waals surface area contributed by atoms with Crippen LogP contribution in [0.5, 0.6) is 0 Å². The summed E-state index contributed by atoms with van der Waals surface area (Å²) in [4.78, 5) is 30.6. The number of carbonyl (C=O) groups excluding carboxylic acids is 2. The molecule has 1 aromatic carbocycles. The molecule has 1 aromatic heterocycles. The van der Waals surface area contributed by atoms with Gasteiger partial charge in [-0.1, -0.05) is 19.9 Å². The standard InChI is InChI=1S/C21H28N4O2/c1-3-15-25(16-4-2)20(26)17-8-10-19(11-9-17)24-21(27)23-14-12-18-7-5-6-13-22-18/h5-11,13H,3-4,12,14-16H2,1-2H3,(H2,23,24,27). The lowest BCUT2D eigenvalue weighted by atomic mass is 10.1. The van der Waals surface area contributed by atoms with Crippen molar-refractivity contribution >= 4 is 17.6 Å². The molecule has 6 heteroatoms. The van der Waals surface area contributed by atoms with Gasteiger partial charge >= 0.3 is 6.03 Å². The van der Waals surface area contributed by atoms with Crippen molar-refractivity contribution < 1.29 is 9.59 Å². The zero-order valence-corrected chi connectivity index (χ0v) is 16.1. The average Bonchev–Trinajstić information content (AvgIpc) is 2.69. The summed E-state index contributed by atoms with van der Waals surface area (Å²) in [5.74, 6) is 0.0325. The van der Waals surface area contributed by atoms with Crippen LogP contribution in [0.4, 0.5) is 10.5 Å². The number of hydrogen-bond acceptors (Lipinski definition) is 3. The van der Waals surface area contributed by atoms with E-state index in [0.717, 1.165) is 31.6 Å². The fraction of sp³-hybridized carbons (Fsp3) is 0.381. The molecule has 0 aliphatic heterocycles. The Labute approximate surface area is 161 Å². The summed E-state index contributed by atoms with van der Waals surface area (Å²) >= 11 is 0. The lowest BCUT2D eigenvalue weighted by Gasteiger charge is -2.21. The average molecular weight is 368 g/mol. The van der Waals surface area contributed by atoms with Crippen LogP contribution in [0.15, 0.2) is 48.7 Å². The first kappa shape index (κ1) is 20.4. The maximum absolute atomic E-state index is 12.6. The molecule has 2 aromatic rings. The zero-order valence-electron chi connectivity index (χ0n) is 16.1. The number of urea groups is 1. The number of pyridine rings is 1. The summed E-state index contributed by atoms with van der Waals surface area (Å²) in [5.41, 5.74) is 2.22. The fourth-order valence-corrected chi connectivity index (χ4v) is 2.76. The van der Waals surface area contributed by atoms with Crippen molar-refractivity contribution in [1.82, 2.24) is 15.2 Å². The number of nitrogens with zero attached hydrogens (tertiary/aromatic N) is 2. The Morgan fingerprint density at radius 3 is 2.30 bits per heavy atom. The highest BCUT2D eigenvalue weighted by Crippen LogP contribution is 2.12. The van der Waals surface area contributed by atoms with E-state index in [9.17, 15) is 9.59 Å². The fourth-order valence-electron chi connectivity index (χ4n) is 2.76. The summed E-state index contributed by atoms with van der Waals surface area (Å²) in [7, 11) is 0. The van der Waals surface area contributed by atoms with Crippen LogP contribution in [-0.4, -0.2) is 41.5 Å². The Morgan fingerprint density at radius 1 is 1.00 bits per heavy atom. The molecule has 0 spiro atoms. The van der Waals surface area contributed by atoms with E-state index in [4.69, 9.17) is 0 Å². The second kappa shape index (κ2) is 11.0. The highest BCUT2D eigenvalue weighted by atomic mass is 16.2. The van der Waals surface area contributed by atoms with Crippen molar-refractivity contribution in [2.75, 3.05) is 25.0 Å². The zero-order chi connectivity index (χ0) is 19.5. The van der Waals surface area contributed by atoms with Crippen molar-refractivity contribution in [3.63, 3.8) is 0 Å². The minimum atomic E-state index is -0.274. The molecule has 0 saturated carbocycles. The van der Waals surface area contributed by atoms with Gasteiger partial charge in [0.2, 0.25) is 0 Å². The SMILES string of the molecule is CCCN(CCC)C(=O)c1ccc(NC(=O)NCCc2ccccn2)cc1. The van der Waals surface area contributed by atoms with E-state index in [1.165, 1.54) is 0 Å². The second-order valence-corrected chi connectivity index (χ2v) is 6.32. The van der Waals surface area contributed by atoms with Gasteiger partial charge in [-0.3, -0.25) is 9.78 Å². The molecular weight excluding hydrogens is 340 g/mol. The van der Waals surface area contributed by atoms with Gasteiger partial charge in [0.25, 0.3) is 5.91 Å². The van der Waals surface area contributed by atoms with E-state index in [1.807, 2.05) is 23.1 Å². The second-order valence-electron chi connectivity index (χ2n) is 6.32. The van der Waals surface area contributed by atoms with Gasteiger partial charge in [-0.25, -0.2) is 4.79 Å². The molecule has 144 valence electrons. The predicted octanol–water partition coefficient (Wildman–Crippen LogP) is 3.71. The predicted molar refractivity (Wildman–Crippen MR) is 108 cm³/mol. The highest BCUT2D eigenvalue weighted by Gasteiger charge is 2.14. The van der Waals surface area contributed by atoms with Crippen LogP contribution in [0.1, 0.15) is 42.7 Å². The van der Waals surface area contributed by atoms with E-state index in [2.05, 4.69) is 29.5 Å². The molecule has 0 atom stereocenters. The van der Waals surface area contributed by atoms with Gasteiger partial charge in [0, 0.05) is 49.2 Å². The number of nitrogens with one attached hydrogen (secondary N) is 2. The number of rotatable bonds is 9. The summed E-state index contributed by atoms with van der Waals surface area (Å²) in [6.45, 7) is 6.14.